The Morgan fingerprint density at radius 2 is 1.40 bits per heavy atom. The normalized spacial score (nSPS) is 10.5. The largest absolute Gasteiger partial charge is 0.491 e. The molecule has 0 atom stereocenters. The summed E-state index contributed by atoms with van der Waals surface area (Å²) in [5.74, 6) is 0.859. The maximum absolute atomic E-state index is 5.60. The Morgan fingerprint density at radius 3 is 2.00 bits per heavy atom. The number of nitrogens with two attached hydrogens (primary N) is 1. The van der Waals surface area contributed by atoms with Crippen LogP contribution in [0.2, 0.25) is 0 Å². The Labute approximate surface area is 120 Å². The lowest BCUT2D eigenvalue weighted by molar-refractivity contribution is 0.106. The number of hydrogen-bond acceptors (Lipinski definition) is 3. The summed E-state index contributed by atoms with van der Waals surface area (Å²) in [5.41, 5.74) is 9.01. The first kappa shape index (κ1) is 14.6. The van der Waals surface area contributed by atoms with Gasteiger partial charge in [-0.3, -0.25) is 0 Å². The molecular weight excluding hydrogens is 250 g/mol. The van der Waals surface area contributed by atoms with Gasteiger partial charge in [0.05, 0.1) is 13.2 Å². The van der Waals surface area contributed by atoms with Gasteiger partial charge in [-0.1, -0.05) is 42.0 Å². The molecule has 0 unspecified atom stereocenters. The molecule has 0 aromatic heterocycles. The van der Waals surface area contributed by atoms with Crippen molar-refractivity contribution in [3.8, 4) is 16.9 Å². The van der Waals surface area contributed by atoms with Crippen molar-refractivity contribution >= 4 is 0 Å². The summed E-state index contributed by atoms with van der Waals surface area (Å²) in [4.78, 5) is 0. The summed E-state index contributed by atoms with van der Waals surface area (Å²) in [5, 5.41) is 0. The van der Waals surface area contributed by atoms with Crippen LogP contribution >= 0.6 is 0 Å². The molecule has 106 valence electrons. The standard InChI is InChI=1S/C17H21NO2/c1-14-2-4-15(5-3-14)16-6-8-17(9-7-16)20-13-12-19-11-10-18/h2-9H,10-13,18H2,1H3. The van der Waals surface area contributed by atoms with E-state index in [4.69, 9.17) is 15.2 Å². The van der Waals surface area contributed by atoms with Gasteiger partial charge in [0.2, 0.25) is 0 Å². The topological polar surface area (TPSA) is 44.5 Å². The SMILES string of the molecule is Cc1ccc(-c2ccc(OCCOCCN)cc2)cc1. The van der Waals surface area contributed by atoms with E-state index in [1.54, 1.807) is 0 Å². The average Bonchev–Trinajstić information content (AvgIpc) is 2.49. The summed E-state index contributed by atoms with van der Waals surface area (Å²) in [7, 11) is 0. The second-order valence-corrected chi connectivity index (χ2v) is 4.64. The molecular formula is C17H21NO2. The van der Waals surface area contributed by atoms with Crippen molar-refractivity contribution < 1.29 is 9.47 Å². The van der Waals surface area contributed by atoms with Gasteiger partial charge in [0, 0.05) is 6.54 Å². The minimum Gasteiger partial charge on any atom is -0.491 e. The zero-order valence-electron chi connectivity index (χ0n) is 11.8. The van der Waals surface area contributed by atoms with Gasteiger partial charge >= 0.3 is 0 Å². The molecule has 0 aliphatic carbocycles. The first-order valence-corrected chi connectivity index (χ1v) is 6.87. The molecule has 2 aromatic carbocycles. The van der Waals surface area contributed by atoms with Gasteiger partial charge in [0.25, 0.3) is 0 Å². The molecule has 0 aliphatic rings. The van der Waals surface area contributed by atoms with Crippen LogP contribution in [0.4, 0.5) is 0 Å². The van der Waals surface area contributed by atoms with Crippen LogP contribution in [0.1, 0.15) is 5.56 Å². The second kappa shape index (κ2) is 7.68. The number of hydrogen-bond donors (Lipinski definition) is 1. The van der Waals surface area contributed by atoms with E-state index in [2.05, 4.69) is 43.3 Å². The third-order valence-electron chi connectivity index (χ3n) is 3.00. The quantitative estimate of drug-likeness (QED) is 0.787. The van der Waals surface area contributed by atoms with E-state index < -0.39 is 0 Å². The molecule has 0 radical (unpaired) electrons. The molecule has 0 fully saturated rings. The van der Waals surface area contributed by atoms with Gasteiger partial charge in [-0.2, -0.15) is 0 Å². The van der Waals surface area contributed by atoms with E-state index in [1.807, 2.05) is 12.1 Å². The predicted octanol–water partition coefficient (Wildman–Crippen LogP) is 3.02. The zero-order valence-corrected chi connectivity index (χ0v) is 11.8. The molecule has 2 aromatic rings. The number of aryl methyl sites for hydroxylation is 1. The van der Waals surface area contributed by atoms with Crippen molar-refractivity contribution in [1.29, 1.82) is 0 Å². The van der Waals surface area contributed by atoms with E-state index >= 15 is 0 Å². The van der Waals surface area contributed by atoms with Gasteiger partial charge in [0.1, 0.15) is 12.4 Å². The summed E-state index contributed by atoms with van der Waals surface area (Å²) in [6.45, 7) is 4.33. The van der Waals surface area contributed by atoms with Gasteiger partial charge in [-0.15, -0.1) is 0 Å². The van der Waals surface area contributed by atoms with Crippen LogP contribution in [0.15, 0.2) is 48.5 Å². The lowest BCUT2D eigenvalue weighted by Crippen LogP contribution is -2.13. The maximum atomic E-state index is 5.60. The summed E-state index contributed by atoms with van der Waals surface area (Å²) in [6, 6.07) is 16.6. The molecule has 0 bridgehead atoms. The molecule has 0 heterocycles. The molecule has 0 spiro atoms. The Hall–Kier alpha value is -1.84. The monoisotopic (exact) mass is 271 g/mol. The van der Waals surface area contributed by atoms with Gasteiger partial charge in [-0.25, -0.2) is 0 Å². The Balaban J connectivity index is 1.88. The average molecular weight is 271 g/mol. The molecule has 0 saturated heterocycles. The maximum Gasteiger partial charge on any atom is 0.119 e. The molecule has 0 aliphatic heterocycles. The van der Waals surface area contributed by atoms with Crippen LogP contribution in [0.3, 0.4) is 0 Å². The first-order chi connectivity index (χ1) is 9.79. The molecule has 0 saturated carbocycles. The van der Waals surface area contributed by atoms with E-state index in [-0.39, 0.29) is 0 Å². The molecule has 2 rings (SSSR count). The molecule has 2 N–H and O–H groups in total. The van der Waals surface area contributed by atoms with Gasteiger partial charge < -0.3 is 15.2 Å². The van der Waals surface area contributed by atoms with Gasteiger partial charge in [0.15, 0.2) is 0 Å². The summed E-state index contributed by atoms with van der Waals surface area (Å²) >= 11 is 0. The smallest absolute Gasteiger partial charge is 0.119 e. The minimum atomic E-state index is 0.546. The van der Waals surface area contributed by atoms with Gasteiger partial charge in [-0.05, 0) is 30.2 Å². The lowest BCUT2D eigenvalue weighted by Gasteiger charge is -2.08. The Kier molecular flexibility index (Phi) is 5.59. The van der Waals surface area contributed by atoms with Crippen molar-refractivity contribution in [3.05, 3.63) is 54.1 Å². The molecule has 3 heteroatoms. The highest BCUT2D eigenvalue weighted by atomic mass is 16.5. The fraction of sp³-hybridized carbons (Fsp3) is 0.294. The van der Waals surface area contributed by atoms with Crippen molar-refractivity contribution in [1.82, 2.24) is 0 Å². The fourth-order valence-corrected chi connectivity index (χ4v) is 1.89. The van der Waals surface area contributed by atoms with Crippen LogP contribution in [0.25, 0.3) is 11.1 Å². The highest BCUT2D eigenvalue weighted by Crippen LogP contribution is 2.22. The summed E-state index contributed by atoms with van der Waals surface area (Å²) < 4.78 is 10.9. The van der Waals surface area contributed by atoms with E-state index in [0.717, 1.165) is 5.75 Å². The van der Waals surface area contributed by atoms with Crippen LogP contribution in [0.5, 0.6) is 5.75 Å². The van der Waals surface area contributed by atoms with Crippen molar-refractivity contribution in [3.63, 3.8) is 0 Å². The van der Waals surface area contributed by atoms with E-state index in [9.17, 15) is 0 Å². The fourth-order valence-electron chi connectivity index (χ4n) is 1.89. The summed E-state index contributed by atoms with van der Waals surface area (Å²) in [6.07, 6.45) is 0. The molecule has 0 amide bonds. The van der Waals surface area contributed by atoms with Crippen LogP contribution in [-0.4, -0.2) is 26.4 Å². The van der Waals surface area contributed by atoms with E-state index in [0.29, 0.717) is 26.4 Å². The van der Waals surface area contributed by atoms with Crippen LogP contribution in [0, 0.1) is 6.92 Å². The first-order valence-electron chi connectivity index (χ1n) is 6.87. The Morgan fingerprint density at radius 1 is 0.800 bits per heavy atom. The van der Waals surface area contributed by atoms with Crippen LogP contribution in [-0.2, 0) is 4.74 Å². The minimum absolute atomic E-state index is 0.546. The third-order valence-corrected chi connectivity index (χ3v) is 3.00. The predicted molar refractivity (Wildman–Crippen MR) is 82.0 cm³/mol. The highest BCUT2D eigenvalue weighted by Gasteiger charge is 1.99. The second-order valence-electron chi connectivity index (χ2n) is 4.64. The highest BCUT2D eigenvalue weighted by molar-refractivity contribution is 5.64. The molecule has 20 heavy (non-hydrogen) atoms. The van der Waals surface area contributed by atoms with Crippen LogP contribution < -0.4 is 10.5 Å². The van der Waals surface area contributed by atoms with Crippen molar-refractivity contribution in [2.45, 2.75) is 6.92 Å². The van der Waals surface area contributed by atoms with E-state index in [1.165, 1.54) is 16.7 Å². The van der Waals surface area contributed by atoms with Crippen molar-refractivity contribution in [2.75, 3.05) is 26.4 Å². The lowest BCUT2D eigenvalue weighted by atomic mass is 10.0. The third kappa shape index (κ3) is 4.37. The number of rotatable bonds is 7. The molecule has 3 nitrogen and oxygen atoms in total. The Bertz CT molecular complexity index is 506. The zero-order chi connectivity index (χ0) is 14.2. The number of ether oxygens (including phenoxy) is 2. The van der Waals surface area contributed by atoms with Crippen molar-refractivity contribution in [2.24, 2.45) is 5.73 Å². The number of benzene rings is 2.